The predicted molar refractivity (Wildman–Crippen MR) is 75.1 cm³/mol. The standard InChI is InChI=1S/C15H22N2O2/c1-10-8-12(6-7-14(10)18)15(19)17-13(9-16)11-4-2-3-5-11/h6-8,11,13,18H,2-5,9,16H2,1H3,(H,17,19). The van der Waals surface area contributed by atoms with E-state index in [-0.39, 0.29) is 17.7 Å². The zero-order valence-corrected chi connectivity index (χ0v) is 11.4. The number of hydrogen-bond acceptors (Lipinski definition) is 3. The van der Waals surface area contributed by atoms with Crippen LogP contribution in [0, 0.1) is 12.8 Å². The number of aryl methyl sites for hydroxylation is 1. The van der Waals surface area contributed by atoms with E-state index in [0.717, 1.165) is 12.8 Å². The number of phenols is 1. The molecule has 1 aromatic carbocycles. The largest absolute Gasteiger partial charge is 0.508 e. The van der Waals surface area contributed by atoms with Crippen LogP contribution < -0.4 is 11.1 Å². The number of benzene rings is 1. The SMILES string of the molecule is Cc1cc(C(=O)NC(CN)C2CCCC2)ccc1O. The van der Waals surface area contributed by atoms with Crippen molar-refractivity contribution in [1.82, 2.24) is 5.32 Å². The molecular formula is C15H22N2O2. The molecule has 0 bridgehead atoms. The monoisotopic (exact) mass is 262 g/mol. The van der Waals surface area contributed by atoms with Crippen molar-refractivity contribution in [2.24, 2.45) is 11.7 Å². The van der Waals surface area contributed by atoms with E-state index in [9.17, 15) is 9.90 Å². The van der Waals surface area contributed by atoms with Gasteiger partial charge in [0.15, 0.2) is 0 Å². The van der Waals surface area contributed by atoms with E-state index in [4.69, 9.17) is 5.73 Å². The lowest BCUT2D eigenvalue weighted by Crippen LogP contribution is -2.44. The number of phenolic OH excluding ortho intramolecular Hbond substituents is 1. The third-order valence-electron chi connectivity index (χ3n) is 4.00. The minimum absolute atomic E-state index is 0.0594. The van der Waals surface area contributed by atoms with Gasteiger partial charge in [-0.3, -0.25) is 4.79 Å². The summed E-state index contributed by atoms with van der Waals surface area (Å²) in [4.78, 5) is 12.2. The molecule has 1 aliphatic rings. The molecular weight excluding hydrogens is 240 g/mol. The van der Waals surface area contributed by atoms with Gasteiger partial charge in [0, 0.05) is 18.2 Å². The summed E-state index contributed by atoms with van der Waals surface area (Å²) < 4.78 is 0. The lowest BCUT2D eigenvalue weighted by molar-refractivity contribution is 0.0924. The molecule has 1 fully saturated rings. The molecule has 0 saturated heterocycles. The number of carbonyl (C=O) groups is 1. The Bertz CT molecular complexity index is 453. The Balaban J connectivity index is 2.04. The van der Waals surface area contributed by atoms with Gasteiger partial charge < -0.3 is 16.2 Å². The van der Waals surface area contributed by atoms with Crippen molar-refractivity contribution in [3.05, 3.63) is 29.3 Å². The topological polar surface area (TPSA) is 75.4 Å². The van der Waals surface area contributed by atoms with Gasteiger partial charge in [-0.25, -0.2) is 0 Å². The molecule has 4 nitrogen and oxygen atoms in total. The van der Waals surface area contributed by atoms with E-state index >= 15 is 0 Å². The van der Waals surface area contributed by atoms with Crippen LogP contribution in [0.5, 0.6) is 5.75 Å². The average Bonchev–Trinajstić information content (AvgIpc) is 2.92. The van der Waals surface area contributed by atoms with E-state index in [1.807, 2.05) is 0 Å². The maximum absolute atomic E-state index is 12.2. The lowest BCUT2D eigenvalue weighted by atomic mass is 9.97. The Labute approximate surface area is 114 Å². The van der Waals surface area contributed by atoms with Gasteiger partial charge in [-0.15, -0.1) is 0 Å². The summed E-state index contributed by atoms with van der Waals surface area (Å²) in [6.45, 7) is 2.26. The summed E-state index contributed by atoms with van der Waals surface area (Å²) in [5, 5.41) is 12.5. The van der Waals surface area contributed by atoms with E-state index in [0.29, 0.717) is 23.6 Å². The highest BCUT2D eigenvalue weighted by Gasteiger charge is 2.25. The molecule has 0 radical (unpaired) electrons. The van der Waals surface area contributed by atoms with Crippen molar-refractivity contribution < 1.29 is 9.90 Å². The van der Waals surface area contributed by atoms with Gasteiger partial charge in [-0.2, -0.15) is 0 Å². The summed E-state index contributed by atoms with van der Waals surface area (Å²) in [7, 11) is 0. The molecule has 0 heterocycles. The van der Waals surface area contributed by atoms with Crippen LogP contribution in [0.25, 0.3) is 0 Å². The Morgan fingerprint density at radius 3 is 2.74 bits per heavy atom. The highest BCUT2D eigenvalue weighted by molar-refractivity contribution is 5.94. The second-order valence-electron chi connectivity index (χ2n) is 5.36. The van der Waals surface area contributed by atoms with Crippen LogP contribution in [0.4, 0.5) is 0 Å². The fourth-order valence-electron chi connectivity index (χ4n) is 2.78. The van der Waals surface area contributed by atoms with Crippen molar-refractivity contribution in [2.45, 2.75) is 38.6 Å². The van der Waals surface area contributed by atoms with Crippen molar-refractivity contribution in [3.63, 3.8) is 0 Å². The quantitative estimate of drug-likeness (QED) is 0.776. The minimum Gasteiger partial charge on any atom is -0.508 e. The first kappa shape index (κ1) is 13.9. The summed E-state index contributed by atoms with van der Waals surface area (Å²) in [5.74, 6) is 0.611. The molecule has 0 aromatic heterocycles. The molecule has 4 heteroatoms. The number of hydrogen-bond donors (Lipinski definition) is 3. The summed E-state index contributed by atoms with van der Waals surface area (Å²) in [6, 6.07) is 4.95. The van der Waals surface area contributed by atoms with Crippen LogP contribution in [0.2, 0.25) is 0 Å². The molecule has 1 amide bonds. The lowest BCUT2D eigenvalue weighted by Gasteiger charge is -2.23. The van der Waals surface area contributed by atoms with Gasteiger partial charge in [-0.05, 0) is 49.4 Å². The first-order valence-electron chi connectivity index (χ1n) is 6.92. The smallest absolute Gasteiger partial charge is 0.251 e. The molecule has 1 aliphatic carbocycles. The Hall–Kier alpha value is -1.55. The number of aromatic hydroxyl groups is 1. The van der Waals surface area contributed by atoms with E-state index < -0.39 is 0 Å². The number of carbonyl (C=O) groups excluding carboxylic acids is 1. The molecule has 0 aliphatic heterocycles. The van der Waals surface area contributed by atoms with Crippen LogP contribution in [0.3, 0.4) is 0 Å². The Morgan fingerprint density at radius 1 is 1.47 bits per heavy atom. The summed E-state index contributed by atoms with van der Waals surface area (Å²) >= 11 is 0. The molecule has 1 saturated carbocycles. The Kier molecular flexibility index (Phi) is 4.43. The molecule has 4 N–H and O–H groups in total. The first-order chi connectivity index (χ1) is 9.11. The predicted octanol–water partition coefficient (Wildman–Crippen LogP) is 1.95. The van der Waals surface area contributed by atoms with Gasteiger partial charge in [0.05, 0.1) is 0 Å². The van der Waals surface area contributed by atoms with Gasteiger partial charge >= 0.3 is 0 Å². The fraction of sp³-hybridized carbons (Fsp3) is 0.533. The summed E-state index contributed by atoms with van der Waals surface area (Å²) in [5.41, 5.74) is 7.06. The molecule has 1 aromatic rings. The van der Waals surface area contributed by atoms with Crippen LogP contribution in [-0.2, 0) is 0 Å². The zero-order valence-electron chi connectivity index (χ0n) is 11.4. The van der Waals surface area contributed by atoms with E-state index in [2.05, 4.69) is 5.32 Å². The van der Waals surface area contributed by atoms with Crippen molar-refractivity contribution >= 4 is 5.91 Å². The number of rotatable bonds is 4. The van der Waals surface area contributed by atoms with E-state index in [1.54, 1.807) is 25.1 Å². The summed E-state index contributed by atoms with van der Waals surface area (Å²) in [6.07, 6.45) is 4.76. The van der Waals surface area contributed by atoms with Crippen LogP contribution in [0.1, 0.15) is 41.6 Å². The molecule has 19 heavy (non-hydrogen) atoms. The van der Waals surface area contributed by atoms with Crippen molar-refractivity contribution in [1.29, 1.82) is 0 Å². The van der Waals surface area contributed by atoms with E-state index in [1.165, 1.54) is 12.8 Å². The van der Waals surface area contributed by atoms with Crippen molar-refractivity contribution in [3.8, 4) is 5.75 Å². The molecule has 0 spiro atoms. The van der Waals surface area contributed by atoms with Crippen LogP contribution in [-0.4, -0.2) is 23.6 Å². The maximum atomic E-state index is 12.2. The fourth-order valence-corrected chi connectivity index (χ4v) is 2.78. The molecule has 1 atom stereocenters. The second kappa shape index (κ2) is 6.06. The Morgan fingerprint density at radius 2 is 2.16 bits per heavy atom. The van der Waals surface area contributed by atoms with Crippen LogP contribution >= 0.6 is 0 Å². The van der Waals surface area contributed by atoms with Gasteiger partial charge in [0.2, 0.25) is 0 Å². The minimum atomic E-state index is -0.106. The van der Waals surface area contributed by atoms with Gasteiger partial charge in [0.1, 0.15) is 5.75 Å². The van der Waals surface area contributed by atoms with Gasteiger partial charge in [0.25, 0.3) is 5.91 Å². The second-order valence-corrected chi connectivity index (χ2v) is 5.36. The normalized spacial score (nSPS) is 17.4. The maximum Gasteiger partial charge on any atom is 0.251 e. The molecule has 1 unspecified atom stereocenters. The average molecular weight is 262 g/mol. The number of amides is 1. The zero-order chi connectivity index (χ0) is 13.8. The molecule has 2 rings (SSSR count). The third-order valence-corrected chi connectivity index (χ3v) is 4.00. The van der Waals surface area contributed by atoms with Crippen LogP contribution in [0.15, 0.2) is 18.2 Å². The highest BCUT2D eigenvalue weighted by Crippen LogP contribution is 2.27. The van der Waals surface area contributed by atoms with Crippen molar-refractivity contribution in [2.75, 3.05) is 6.54 Å². The number of nitrogens with two attached hydrogens (primary N) is 1. The van der Waals surface area contributed by atoms with Gasteiger partial charge in [-0.1, -0.05) is 12.8 Å². The molecule has 104 valence electrons. The highest BCUT2D eigenvalue weighted by atomic mass is 16.3. The first-order valence-corrected chi connectivity index (χ1v) is 6.92. The third kappa shape index (κ3) is 3.26. The number of nitrogens with one attached hydrogen (secondary N) is 1.